The molecule has 2 atom stereocenters. The molecule has 3 aliphatic rings. The molecule has 4 heteroatoms. The number of aliphatic hydroxyl groups excluding tert-OH is 1. The lowest BCUT2D eigenvalue weighted by molar-refractivity contribution is -0.137. The molecule has 1 spiro atoms. The Morgan fingerprint density at radius 1 is 1.16 bits per heavy atom. The molecule has 2 aliphatic heterocycles. The number of piperidine rings is 1. The van der Waals surface area contributed by atoms with Gasteiger partial charge in [-0.1, -0.05) is 19.3 Å². The van der Waals surface area contributed by atoms with Gasteiger partial charge in [0, 0.05) is 19.6 Å². The number of hydrogen-bond acceptors (Lipinski definition) is 3. The Hall–Kier alpha value is -0.610. The number of nitrogens with one attached hydrogen (secondary N) is 1. The van der Waals surface area contributed by atoms with Gasteiger partial charge in [0.25, 0.3) is 0 Å². The molecule has 0 aromatic rings. The standard InChI is InChI=1S/C15H26N2O2/c18-12-9-13(16-10-12)14(19)17-8-4-7-15(11-17)5-2-1-3-6-15/h12-13,16,18H,1-11H2/t12-,13-/m0/s1. The first-order valence-electron chi connectivity index (χ1n) is 7.89. The molecule has 4 nitrogen and oxygen atoms in total. The van der Waals surface area contributed by atoms with Crippen molar-refractivity contribution in [2.24, 2.45) is 5.41 Å². The second-order valence-electron chi connectivity index (χ2n) is 6.77. The molecule has 0 bridgehead atoms. The van der Waals surface area contributed by atoms with E-state index in [9.17, 15) is 9.90 Å². The number of carbonyl (C=O) groups is 1. The zero-order valence-corrected chi connectivity index (χ0v) is 11.7. The fourth-order valence-electron chi connectivity index (χ4n) is 4.23. The minimum atomic E-state index is -0.345. The van der Waals surface area contributed by atoms with E-state index >= 15 is 0 Å². The van der Waals surface area contributed by atoms with Crippen LogP contribution in [0, 0.1) is 5.41 Å². The first-order chi connectivity index (χ1) is 9.19. The van der Waals surface area contributed by atoms with E-state index in [-0.39, 0.29) is 18.1 Å². The number of hydrogen-bond donors (Lipinski definition) is 2. The van der Waals surface area contributed by atoms with E-state index in [4.69, 9.17) is 0 Å². The molecule has 1 aliphatic carbocycles. The van der Waals surface area contributed by atoms with Gasteiger partial charge in [0.05, 0.1) is 12.1 Å². The molecule has 108 valence electrons. The van der Waals surface area contributed by atoms with Crippen LogP contribution in [0.2, 0.25) is 0 Å². The van der Waals surface area contributed by atoms with Crippen LogP contribution in [0.4, 0.5) is 0 Å². The van der Waals surface area contributed by atoms with E-state index in [0.29, 0.717) is 18.4 Å². The summed E-state index contributed by atoms with van der Waals surface area (Å²) in [5.74, 6) is 0.223. The zero-order chi connectivity index (χ0) is 13.3. The smallest absolute Gasteiger partial charge is 0.239 e. The molecule has 3 fully saturated rings. The van der Waals surface area contributed by atoms with Gasteiger partial charge in [0.2, 0.25) is 5.91 Å². The first-order valence-corrected chi connectivity index (χ1v) is 7.89. The van der Waals surface area contributed by atoms with Crippen LogP contribution in [0.25, 0.3) is 0 Å². The summed E-state index contributed by atoms with van der Waals surface area (Å²) in [4.78, 5) is 14.6. The Balaban J connectivity index is 1.62. The Kier molecular flexibility index (Phi) is 3.81. The highest BCUT2D eigenvalue weighted by atomic mass is 16.3. The van der Waals surface area contributed by atoms with Crippen LogP contribution < -0.4 is 5.32 Å². The fourth-order valence-corrected chi connectivity index (χ4v) is 4.23. The van der Waals surface area contributed by atoms with Crippen LogP contribution in [0.15, 0.2) is 0 Å². The Morgan fingerprint density at radius 3 is 2.58 bits per heavy atom. The van der Waals surface area contributed by atoms with E-state index in [2.05, 4.69) is 10.2 Å². The summed E-state index contributed by atoms with van der Waals surface area (Å²) in [5.41, 5.74) is 0.420. The highest BCUT2D eigenvalue weighted by Crippen LogP contribution is 2.43. The van der Waals surface area contributed by atoms with Crippen LogP contribution in [-0.4, -0.2) is 47.7 Å². The van der Waals surface area contributed by atoms with Crippen molar-refractivity contribution in [3.63, 3.8) is 0 Å². The molecular formula is C15H26N2O2. The minimum Gasteiger partial charge on any atom is -0.392 e. The second kappa shape index (κ2) is 5.41. The number of aliphatic hydroxyl groups is 1. The minimum absolute atomic E-state index is 0.145. The lowest BCUT2D eigenvalue weighted by Crippen LogP contribution is -2.51. The van der Waals surface area contributed by atoms with Crippen molar-refractivity contribution >= 4 is 5.91 Å². The third-order valence-electron chi connectivity index (χ3n) is 5.29. The SMILES string of the molecule is O=C([C@@H]1C[C@H](O)CN1)N1CCCC2(CCCCC2)C1. The highest BCUT2D eigenvalue weighted by Gasteiger charge is 2.40. The molecular weight excluding hydrogens is 240 g/mol. The molecule has 2 saturated heterocycles. The van der Waals surface area contributed by atoms with Crippen LogP contribution in [-0.2, 0) is 4.79 Å². The normalized spacial score (nSPS) is 34.7. The number of rotatable bonds is 1. The van der Waals surface area contributed by atoms with Crippen LogP contribution in [0.1, 0.15) is 51.4 Å². The number of likely N-dealkylation sites (tertiary alicyclic amines) is 1. The maximum Gasteiger partial charge on any atom is 0.239 e. The average Bonchev–Trinajstić information content (AvgIpc) is 2.85. The van der Waals surface area contributed by atoms with Gasteiger partial charge >= 0.3 is 0 Å². The van der Waals surface area contributed by atoms with Gasteiger partial charge in [0.15, 0.2) is 0 Å². The fraction of sp³-hybridized carbons (Fsp3) is 0.933. The van der Waals surface area contributed by atoms with Gasteiger partial charge in [0.1, 0.15) is 0 Å². The molecule has 0 unspecified atom stereocenters. The maximum absolute atomic E-state index is 12.5. The topological polar surface area (TPSA) is 52.6 Å². The summed E-state index contributed by atoms with van der Waals surface area (Å²) < 4.78 is 0. The highest BCUT2D eigenvalue weighted by molar-refractivity contribution is 5.82. The summed E-state index contributed by atoms with van der Waals surface area (Å²) in [5, 5.41) is 12.7. The molecule has 2 N–H and O–H groups in total. The van der Waals surface area contributed by atoms with Crippen molar-refractivity contribution in [2.75, 3.05) is 19.6 Å². The van der Waals surface area contributed by atoms with E-state index in [0.717, 1.165) is 19.5 Å². The molecule has 0 radical (unpaired) electrons. The van der Waals surface area contributed by atoms with Gasteiger partial charge in [-0.05, 0) is 37.5 Å². The predicted molar refractivity (Wildman–Crippen MR) is 73.7 cm³/mol. The van der Waals surface area contributed by atoms with Gasteiger partial charge in [-0.2, -0.15) is 0 Å². The van der Waals surface area contributed by atoms with Crippen molar-refractivity contribution in [3.8, 4) is 0 Å². The predicted octanol–water partition coefficient (Wildman–Crippen LogP) is 1.28. The number of nitrogens with zero attached hydrogens (tertiary/aromatic N) is 1. The summed E-state index contributed by atoms with van der Waals surface area (Å²) in [7, 11) is 0. The van der Waals surface area contributed by atoms with Crippen LogP contribution in [0.5, 0.6) is 0 Å². The Morgan fingerprint density at radius 2 is 1.89 bits per heavy atom. The summed E-state index contributed by atoms with van der Waals surface area (Å²) in [6.07, 6.45) is 9.34. The Bertz CT molecular complexity index is 334. The summed E-state index contributed by atoms with van der Waals surface area (Å²) in [6, 6.07) is -0.145. The summed E-state index contributed by atoms with van der Waals surface area (Å²) in [6.45, 7) is 2.43. The zero-order valence-electron chi connectivity index (χ0n) is 11.7. The van der Waals surface area contributed by atoms with E-state index in [1.165, 1.54) is 38.5 Å². The van der Waals surface area contributed by atoms with E-state index in [1.54, 1.807) is 0 Å². The van der Waals surface area contributed by atoms with Gasteiger partial charge in [-0.3, -0.25) is 4.79 Å². The van der Waals surface area contributed by atoms with Crippen molar-refractivity contribution in [3.05, 3.63) is 0 Å². The van der Waals surface area contributed by atoms with Gasteiger partial charge in [-0.25, -0.2) is 0 Å². The maximum atomic E-state index is 12.5. The third-order valence-corrected chi connectivity index (χ3v) is 5.29. The molecule has 19 heavy (non-hydrogen) atoms. The largest absolute Gasteiger partial charge is 0.392 e. The van der Waals surface area contributed by atoms with Gasteiger partial charge in [-0.15, -0.1) is 0 Å². The summed E-state index contributed by atoms with van der Waals surface area (Å²) >= 11 is 0. The average molecular weight is 266 g/mol. The van der Waals surface area contributed by atoms with Crippen LogP contribution >= 0.6 is 0 Å². The van der Waals surface area contributed by atoms with Gasteiger partial charge < -0.3 is 15.3 Å². The molecule has 0 aromatic heterocycles. The van der Waals surface area contributed by atoms with Crippen molar-refractivity contribution < 1.29 is 9.90 Å². The Labute approximate surface area is 115 Å². The van der Waals surface area contributed by atoms with Crippen molar-refractivity contribution in [2.45, 2.75) is 63.5 Å². The molecule has 3 rings (SSSR count). The monoisotopic (exact) mass is 266 g/mol. The quantitative estimate of drug-likeness (QED) is 0.752. The number of carbonyl (C=O) groups excluding carboxylic acids is 1. The molecule has 1 saturated carbocycles. The van der Waals surface area contributed by atoms with E-state index < -0.39 is 0 Å². The van der Waals surface area contributed by atoms with E-state index in [1.807, 2.05) is 0 Å². The number of amides is 1. The molecule has 1 amide bonds. The van der Waals surface area contributed by atoms with Crippen molar-refractivity contribution in [1.29, 1.82) is 0 Å². The number of β-amino-alcohol motifs (C(OH)–C–C–N with tert-alkyl or cyclic N) is 1. The third kappa shape index (κ3) is 2.79. The molecule has 2 heterocycles. The second-order valence-corrected chi connectivity index (χ2v) is 6.77. The first kappa shape index (κ1) is 13.4. The van der Waals surface area contributed by atoms with Crippen molar-refractivity contribution in [1.82, 2.24) is 10.2 Å². The molecule has 0 aromatic carbocycles. The lowest BCUT2D eigenvalue weighted by atomic mass is 9.69. The van der Waals surface area contributed by atoms with Crippen LogP contribution in [0.3, 0.4) is 0 Å². The lowest BCUT2D eigenvalue weighted by Gasteiger charge is -2.45.